The van der Waals surface area contributed by atoms with Gasteiger partial charge in [0.2, 0.25) is 0 Å². The van der Waals surface area contributed by atoms with Gasteiger partial charge in [0, 0.05) is 42.5 Å². The van der Waals surface area contributed by atoms with Gasteiger partial charge in [-0.05, 0) is 69.7 Å². The maximum absolute atomic E-state index is 5.86. The van der Waals surface area contributed by atoms with Gasteiger partial charge in [0.05, 0.1) is 12.0 Å². The van der Waals surface area contributed by atoms with Crippen molar-refractivity contribution in [3.8, 4) is 0 Å². The lowest BCUT2D eigenvalue weighted by Gasteiger charge is -2.40. The van der Waals surface area contributed by atoms with Gasteiger partial charge in [-0.25, -0.2) is 9.98 Å². The maximum atomic E-state index is 5.86. The van der Waals surface area contributed by atoms with Crippen LogP contribution in [0.25, 0.3) is 5.70 Å². The van der Waals surface area contributed by atoms with E-state index in [1.807, 2.05) is 65.2 Å². The number of nitrogens with one attached hydrogen (secondary N) is 2. The summed E-state index contributed by atoms with van der Waals surface area (Å²) in [5.41, 5.74) is 3.68. The van der Waals surface area contributed by atoms with Gasteiger partial charge in [-0.15, -0.1) is 0 Å². The third-order valence-corrected chi connectivity index (χ3v) is 5.98. The fourth-order valence-corrected chi connectivity index (χ4v) is 3.92. The Bertz CT molecular complexity index is 1040. The van der Waals surface area contributed by atoms with E-state index in [0.29, 0.717) is 6.04 Å². The van der Waals surface area contributed by atoms with Crippen molar-refractivity contribution in [1.29, 1.82) is 0 Å². The molecule has 2 heterocycles. The number of rotatable bonds is 10. The standard InChI is InChI=1S/C28H37N5O.C2H6/c1-7-10-15-34-27(9-3)24-12-11-22(8-2)26(16-24)32-21(5)31-20(4)23-13-14-30-28(17-23)33-18-25(19-33)29-6;1-2/h8-11,13-17,24-25,29H,2,4,7,12,18-19H2,1,3,5-6H3,(H,31,32);1-2H3/b15-10+,27-9-;. The molecule has 1 aromatic heterocycles. The van der Waals surface area contributed by atoms with Crippen molar-refractivity contribution in [2.45, 2.75) is 53.5 Å². The highest BCUT2D eigenvalue weighted by molar-refractivity contribution is 5.89. The normalized spacial score (nSPS) is 18.5. The minimum absolute atomic E-state index is 0.130. The van der Waals surface area contributed by atoms with Gasteiger partial charge in [0.1, 0.15) is 17.4 Å². The summed E-state index contributed by atoms with van der Waals surface area (Å²) in [5.74, 6) is 2.77. The minimum Gasteiger partial charge on any atom is -0.469 e. The zero-order valence-electron chi connectivity index (χ0n) is 22.8. The van der Waals surface area contributed by atoms with Gasteiger partial charge in [-0.1, -0.05) is 46.1 Å². The molecule has 0 saturated carbocycles. The number of nitrogens with zero attached hydrogens (tertiary/aromatic N) is 3. The van der Waals surface area contributed by atoms with E-state index in [4.69, 9.17) is 9.73 Å². The molecular weight excluding hydrogens is 446 g/mol. The predicted octanol–water partition coefficient (Wildman–Crippen LogP) is 6.35. The third-order valence-electron chi connectivity index (χ3n) is 5.98. The van der Waals surface area contributed by atoms with Crippen LogP contribution in [0.4, 0.5) is 5.82 Å². The van der Waals surface area contributed by atoms with Crippen molar-refractivity contribution in [2.75, 3.05) is 25.0 Å². The first kappa shape index (κ1) is 28.9. The van der Waals surface area contributed by atoms with E-state index in [-0.39, 0.29) is 5.92 Å². The number of hydrogen-bond acceptors (Lipinski definition) is 5. The van der Waals surface area contributed by atoms with Crippen molar-refractivity contribution >= 4 is 17.4 Å². The zero-order valence-corrected chi connectivity index (χ0v) is 22.8. The lowest BCUT2D eigenvalue weighted by Crippen LogP contribution is -2.57. The van der Waals surface area contributed by atoms with Crippen LogP contribution >= 0.6 is 0 Å². The van der Waals surface area contributed by atoms with Gasteiger partial charge in [-0.2, -0.15) is 0 Å². The summed E-state index contributed by atoms with van der Waals surface area (Å²) in [4.78, 5) is 11.6. The highest BCUT2D eigenvalue weighted by Crippen LogP contribution is 2.30. The molecule has 6 heteroatoms. The Labute approximate surface area is 217 Å². The Morgan fingerprint density at radius 1 is 1.33 bits per heavy atom. The SMILES string of the molecule is C=CC1=CCC(/C(=C/C)O/C=C/CC)C=C1N=C(C)NC(=C)c1ccnc(N2CC(NC)C2)c1.CC. The zero-order chi connectivity index (χ0) is 26.5. The lowest BCUT2D eigenvalue weighted by atomic mass is 9.92. The smallest absolute Gasteiger partial charge is 0.129 e. The van der Waals surface area contributed by atoms with Crippen LogP contribution in [-0.4, -0.2) is 37.0 Å². The third kappa shape index (κ3) is 7.82. The number of likely N-dealkylation sites (N-methyl/N-ethyl adjacent to an activating group) is 1. The second-order valence-electron chi connectivity index (χ2n) is 8.44. The van der Waals surface area contributed by atoms with Crippen molar-refractivity contribution in [2.24, 2.45) is 10.9 Å². The molecule has 2 N–H and O–H groups in total. The van der Waals surface area contributed by atoms with Crippen LogP contribution in [-0.2, 0) is 4.74 Å². The van der Waals surface area contributed by atoms with Gasteiger partial charge in [0.15, 0.2) is 0 Å². The molecule has 0 amide bonds. The number of hydrogen-bond donors (Lipinski definition) is 2. The van der Waals surface area contributed by atoms with E-state index in [2.05, 4.69) is 58.8 Å². The largest absolute Gasteiger partial charge is 0.469 e. The molecule has 2 aliphatic rings. The van der Waals surface area contributed by atoms with Gasteiger partial charge in [0.25, 0.3) is 0 Å². The number of amidine groups is 1. The molecule has 6 nitrogen and oxygen atoms in total. The topological polar surface area (TPSA) is 61.8 Å². The van der Waals surface area contributed by atoms with Crippen LogP contribution in [0.2, 0.25) is 0 Å². The molecule has 1 aromatic rings. The van der Waals surface area contributed by atoms with Gasteiger partial charge in [-0.3, -0.25) is 0 Å². The maximum Gasteiger partial charge on any atom is 0.129 e. The molecule has 0 bridgehead atoms. The van der Waals surface area contributed by atoms with E-state index >= 15 is 0 Å². The Hall–Kier alpha value is -3.38. The fourth-order valence-electron chi connectivity index (χ4n) is 3.92. The van der Waals surface area contributed by atoms with Crippen molar-refractivity contribution in [3.05, 3.63) is 90.7 Å². The first-order chi connectivity index (χ1) is 17.5. The fraction of sp³-hybridized carbons (Fsp3) is 0.400. The highest BCUT2D eigenvalue weighted by Gasteiger charge is 2.26. The van der Waals surface area contributed by atoms with E-state index < -0.39 is 0 Å². The van der Waals surface area contributed by atoms with E-state index in [1.165, 1.54) is 0 Å². The summed E-state index contributed by atoms with van der Waals surface area (Å²) >= 11 is 0. The molecule has 0 radical (unpaired) electrons. The van der Waals surface area contributed by atoms with Gasteiger partial charge >= 0.3 is 0 Å². The van der Waals surface area contributed by atoms with Crippen molar-refractivity contribution in [1.82, 2.24) is 15.6 Å². The monoisotopic (exact) mass is 489 g/mol. The summed E-state index contributed by atoms with van der Waals surface area (Å²) in [5, 5.41) is 6.64. The molecule has 1 saturated heterocycles. The van der Waals surface area contributed by atoms with Gasteiger partial charge < -0.3 is 20.3 Å². The number of aromatic nitrogens is 1. The Morgan fingerprint density at radius 2 is 2.08 bits per heavy atom. The van der Waals surface area contributed by atoms with Crippen LogP contribution in [0.5, 0.6) is 0 Å². The highest BCUT2D eigenvalue weighted by atomic mass is 16.5. The number of allylic oxidation sites excluding steroid dienone is 5. The molecule has 194 valence electrons. The second kappa shape index (κ2) is 14.9. The van der Waals surface area contributed by atoms with Crippen LogP contribution in [0.3, 0.4) is 0 Å². The summed E-state index contributed by atoms with van der Waals surface area (Å²) in [6.45, 7) is 20.1. The number of ether oxygens (including phenoxy) is 1. The van der Waals surface area contributed by atoms with Crippen LogP contribution in [0.15, 0.2) is 90.2 Å². The summed E-state index contributed by atoms with van der Waals surface area (Å²) < 4.78 is 5.86. The summed E-state index contributed by atoms with van der Waals surface area (Å²) in [6.07, 6.45) is 15.6. The first-order valence-corrected chi connectivity index (χ1v) is 12.9. The quantitative estimate of drug-likeness (QED) is 0.228. The van der Waals surface area contributed by atoms with E-state index in [1.54, 1.807) is 6.26 Å². The molecule has 1 atom stereocenters. The summed E-state index contributed by atoms with van der Waals surface area (Å²) in [7, 11) is 1.99. The lowest BCUT2D eigenvalue weighted by molar-refractivity contribution is 0.305. The molecule has 3 rings (SSSR count). The molecule has 0 spiro atoms. The molecule has 1 unspecified atom stereocenters. The minimum atomic E-state index is 0.130. The average Bonchev–Trinajstić information content (AvgIpc) is 2.87. The van der Waals surface area contributed by atoms with E-state index in [0.717, 1.165) is 65.9 Å². The van der Waals surface area contributed by atoms with Crippen LogP contribution in [0.1, 0.15) is 53.0 Å². The molecule has 1 fully saturated rings. The van der Waals surface area contributed by atoms with Crippen molar-refractivity contribution in [3.63, 3.8) is 0 Å². The molecule has 1 aliphatic carbocycles. The Kier molecular flexibility index (Phi) is 11.9. The first-order valence-electron chi connectivity index (χ1n) is 12.9. The molecule has 36 heavy (non-hydrogen) atoms. The second-order valence-corrected chi connectivity index (χ2v) is 8.44. The molecule has 0 aromatic carbocycles. The Balaban J connectivity index is 0.00000222. The van der Waals surface area contributed by atoms with E-state index in [9.17, 15) is 0 Å². The average molecular weight is 490 g/mol. The number of aliphatic imine (C=N–C) groups is 1. The summed E-state index contributed by atoms with van der Waals surface area (Å²) in [6, 6.07) is 4.56. The number of anilines is 1. The number of pyridine rings is 1. The molecular formula is C30H43N5O. The predicted molar refractivity (Wildman–Crippen MR) is 155 cm³/mol. The van der Waals surface area contributed by atoms with Crippen molar-refractivity contribution < 1.29 is 4.74 Å². The van der Waals surface area contributed by atoms with Crippen LogP contribution in [0, 0.1) is 5.92 Å². The molecule has 1 aliphatic heterocycles. The Morgan fingerprint density at radius 3 is 2.72 bits per heavy atom. The van der Waals surface area contributed by atoms with Crippen LogP contribution < -0.4 is 15.5 Å².